The van der Waals surface area contributed by atoms with Gasteiger partial charge < -0.3 is 10.1 Å². The van der Waals surface area contributed by atoms with Gasteiger partial charge in [-0.25, -0.2) is 0 Å². The van der Waals surface area contributed by atoms with Crippen LogP contribution >= 0.6 is 0 Å². The third-order valence-electron chi connectivity index (χ3n) is 4.03. The van der Waals surface area contributed by atoms with Crippen molar-refractivity contribution in [2.45, 2.75) is 45.2 Å². The standard InChI is InChI=1S/C13H26N2O/c1-11-8-12(4-5-14-11)9-15-6-7-16-10-13(15,2)3/h11-12,14H,4-10H2,1-3H3. The Labute approximate surface area is 99.5 Å². The van der Waals surface area contributed by atoms with Crippen molar-refractivity contribution in [1.29, 1.82) is 0 Å². The number of nitrogens with one attached hydrogen (secondary N) is 1. The first-order valence-corrected chi connectivity index (χ1v) is 6.64. The van der Waals surface area contributed by atoms with E-state index in [4.69, 9.17) is 4.74 Å². The van der Waals surface area contributed by atoms with E-state index in [1.807, 2.05) is 0 Å². The molecule has 0 amide bonds. The summed E-state index contributed by atoms with van der Waals surface area (Å²) < 4.78 is 5.57. The highest BCUT2D eigenvalue weighted by atomic mass is 16.5. The third kappa shape index (κ3) is 2.96. The molecule has 0 saturated carbocycles. The lowest BCUT2D eigenvalue weighted by molar-refractivity contribution is -0.0592. The minimum Gasteiger partial charge on any atom is -0.378 e. The second-order valence-electron chi connectivity index (χ2n) is 6.06. The predicted molar refractivity (Wildman–Crippen MR) is 66.7 cm³/mol. The van der Waals surface area contributed by atoms with Crippen LogP contribution in [0.4, 0.5) is 0 Å². The summed E-state index contributed by atoms with van der Waals surface area (Å²) in [5, 5.41) is 3.53. The average Bonchev–Trinajstić information content (AvgIpc) is 2.21. The highest BCUT2D eigenvalue weighted by Crippen LogP contribution is 2.24. The molecule has 0 aromatic carbocycles. The van der Waals surface area contributed by atoms with Gasteiger partial charge in [-0.05, 0) is 46.1 Å². The minimum atomic E-state index is 0.229. The number of morpholine rings is 1. The molecule has 1 N–H and O–H groups in total. The van der Waals surface area contributed by atoms with Crippen LogP contribution in [0.15, 0.2) is 0 Å². The van der Waals surface area contributed by atoms with E-state index in [1.54, 1.807) is 0 Å². The van der Waals surface area contributed by atoms with Crippen molar-refractivity contribution < 1.29 is 4.74 Å². The second kappa shape index (κ2) is 5.03. The van der Waals surface area contributed by atoms with Crippen LogP contribution in [0, 0.1) is 5.92 Å². The van der Waals surface area contributed by atoms with Crippen molar-refractivity contribution in [1.82, 2.24) is 10.2 Å². The van der Waals surface area contributed by atoms with Gasteiger partial charge in [-0.1, -0.05) is 0 Å². The molecule has 2 rings (SSSR count). The maximum absolute atomic E-state index is 5.57. The van der Waals surface area contributed by atoms with Gasteiger partial charge >= 0.3 is 0 Å². The SMILES string of the molecule is CC1CC(CN2CCOCC2(C)C)CCN1. The summed E-state index contributed by atoms with van der Waals surface area (Å²) in [4.78, 5) is 2.62. The molecule has 0 aromatic heterocycles. The van der Waals surface area contributed by atoms with Gasteiger partial charge in [0.25, 0.3) is 0 Å². The summed E-state index contributed by atoms with van der Waals surface area (Å²) in [7, 11) is 0. The van der Waals surface area contributed by atoms with Gasteiger partial charge in [0.1, 0.15) is 0 Å². The summed E-state index contributed by atoms with van der Waals surface area (Å²) in [6.07, 6.45) is 2.66. The topological polar surface area (TPSA) is 24.5 Å². The van der Waals surface area contributed by atoms with E-state index >= 15 is 0 Å². The normalized spacial score (nSPS) is 36.2. The fraction of sp³-hybridized carbons (Fsp3) is 1.00. The molecular weight excluding hydrogens is 200 g/mol. The average molecular weight is 226 g/mol. The van der Waals surface area contributed by atoms with Gasteiger partial charge in [0.05, 0.1) is 13.2 Å². The van der Waals surface area contributed by atoms with Gasteiger partial charge in [-0.2, -0.15) is 0 Å². The molecule has 3 nitrogen and oxygen atoms in total. The van der Waals surface area contributed by atoms with Crippen molar-refractivity contribution in [2.75, 3.05) is 32.8 Å². The Morgan fingerprint density at radius 1 is 1.44 bits per heavy atom. The second-order valence-corrected chi connectivity index (χ2v) is 6.06. The van der Waals surface area contributed by atoms with Crippen molar-refractivity contribution in [3.05, 3.63) is 0 Å². The van der Waals surface area contributed by atoms with Crippen molar-refractivity contribution in [2.24, 2.45) is 5.92 Å². The Morgan fingerprint density at radius 2 is 2.25 bits per heavy atom. The van der Waals surface area contributed by atoms with Crippen LogP contribution in [-0.2, 0) is 4.74 Å². The first-order chi connectivity index (χ1) is 7.58. The predicted octanol–water partition coefficient (Wildman–Crippen LogP) is 1.49. The molecule has 0 aliphatic carbocycles. The molecule has 0 bridgehead atoms. The maximum Gasteiger partial charge on any atom is 0.0645 e. The van der Waals surface area contributed by atoms with Crippen molar-refractivity contribution >= 4 is 0 Å². The zero-order valence-corrected chi connectivity index (χ0v) is 11.0. The molecule has 2 heterocycles. The van der Waals surface area contributed by atoms with E-state index in [2.05, 4.69) is 31.0 Å². The lowest BCUT2D eigenvalue weighted by Gasteiger charge is -2.44. The lowest BCUT2D eigenvalue weighted by Crippen LogP contribution is -2.55. The molecule has 2 aliphatic rings. The smallest absolute Gasteiger partial charge is 0.0645 e. The van der Waals surface area contributed by atoms with Crippen LogP contribution in [0.3, 0.4) is 0 Å². The Morgan fingerprint density at radius 3 is 2.94 bits per heavy atom. The fourth-order valence-corrected chi connectivity index (χ4v) is 2.94. The lowest BCUT2D eigenvalue weighted by atomic mass is 9.90. The molecule has 2 aliphatic heterocycles. The van der Waals surface area contributed by atoms with Gasteiger partial charge in [0, 0.05) is 24.7 Å². The van der Waals surface area contributed by atoms with Crippen molar-refractivity contribution in [3.8, 4) is 0 Å². The molecule has 2 unspecified atom stereocenters. The number of hydrogen-bond acceptors (Lipinski definition) is 3. The Kier molecular flexibility index (Phi) is 3.88. The van der Waals surface area contributed by atoms with E-state index in [0.29, 0.717) is 6.04 Å². The number of piperidine rings is 1. The Bertz CT molecular complexity index is 230. The third-order valence-corrected chi connectivity index (χ3v) is 4.03. The van der Waals surface area contributed by atoms with E-state index in [0.717, 1.165) is 25.7 Å². The zero-order chi connectivity index (χ0) is 11.6. The summed E-state index contributed by atoms with van der Waals surface area (Å²) in [6, 6.07) is 0.697. The van der Waals surface area contributed by atoms with Crippen molar-refractivity contribution in [3.63, 3.8) is 0 Å². The fourth-order valence-electron chi connectivity index (χ4n) is 2.94. The number of nitrogens with zero attached hydrogens (tertiary/aromatic N) is 1. The van der Waals surface area contributed by atoms with Gasteiger partial charge in [0.2, 0.25) is 0 Å². The van der Waals surface area contributed by atoms with E-state index in [9.17, 15) is 0 Å². The quantitative estimate of drug-likeness (QED) is 0.772. The van der Waals surface area contributed by atoms with Crippen LogP contribution < -0.4 is 5.32 Å². The van der Waals surface area contributed by atoms with Crippen LogP contribution in [0.5, 0.6) is 0 Å². The van der Waals surface area contributed by atoms with Gasteiger partial charge in [-0.3, -0.25) is 4.90 Å². The molecule has 2 saturated heterocycles. The first kappa shape index (κ1) is 12.3. The first-order valence-electron chi connectivity index (χ1n) is 6.64. The number of hydrogen-bond donors (Lipinski definition) is 1. The molecule has 2 fully saturated rings. The molecule has 0 aromatic rings. The monoisotopic (exact) mass is 226 g/mol. The molecular formula is C13H26N2O. The molecule has 94 valence electrons. The van der Waals surface area contributed by atoms with Crippen LogP contribution in [0.1, 0.15) is 33.6 Å². The zero-order valence-electron chi connectivity index (χ0n) is 11.0. The maximum atomic E-state index is 5.57. The Balaban J connectivity index is 1.87. The molecule has 0 radical (unpaired) electrons. The largest absolute Gasteiger partial charge is 0.378 e. The molecule has 3 heteroatoms. The van der Waals surface area contributed by atoms with E-state index < -0.39 is 0 Å². The van der Waals surface area contributed by atoms with Crippen LogP contribution in [-0.4, -0.2) is 49.3 Å². The molecule has 2 atom stereocenters. The van der Waals surface area contributed by atoms with Gasteiger partial charge in [0.15, 0.2) is 0 Å². The highest BCUT2D eigenvalue weighted by Gasteiger charge is 2.32. The number of rotatable bonds is 2. The summed E-state index contributed by atoms with van der Waals surface area (Å²) in [6.45, 7) is 12.2. The summed E-state index contributed by atoms with van der Waals surface area (Å²) >= 11 is 0. The number of ether oxygens (including phenoxy) is 1. The highest BCUT2D eigenvalue weighted by molar-refractivity contribution is 4.87. The van der Waals surface area contributed by atoms with Crippen LogP contribution in [0.2, 0.25) is 0 Å². The molecule has 16 heavy (non-hydrogen) atoms. The Hall–Kier alpha value is -0.120. The molecule has 0 spiro atoms. The summed E-state index contributed by atoms with van der Waals surface area (Å²) in [5.41, 5.74) is 0.229. The van der Waals surface area contributed by atoms with Crippen LogP contribution in [0.25, 0.3) is 0 Å². The van der Waals surface area contributed by atoms with E-state index in [-0.39, 0.29) is 5.54 Å². The van der Waals surface area contributed by atoms with E-state index in [1.165, 1.54) is 25.9 Å². The minimum absolute atomic E-state index is 0.229. The van der Waals surface area contributed by atoms with Gasteiger partial charge in [-0.15, -0.1) is 0 Å². The summed E-state index contributed by atoms with van der Waals surface area (Å²) in [5.74, 6) is 0.869.